The minimum atomic E-state index is 0.891. The van der Waals surface area contributed by atoms with Crippen LogP contribution in [0.25, 0.3) is 116 Å². The zero-order valence-electron chi connectivity index (χ0n) is 31.3. The molecule has 0 fully saturated rings. The highest BCUT2D eigenvalue weighted by Crippen LogP contribution is 2.47. The summed E-state index contributed by atoms with van der Waals surface area (Å²) in [5.74, 6) is 0. The van der Waals surface area contributed by atoms with Gasteiger partial charge in [0.15, 0.2) is 0 Å². The summed E-state index contributed by atoms with van der Waals surface area (Å²) in [4.78, 5) is 0. The zero-order chi connectivity index (χ0) is 37.9. The van der Waals surface area contributed by atoms with E-state index in [9.17, 15) is 0 Å². The van der Waals surface area contributed by atoms with Gasteiger partial charge in [-0.1, -0.05) is 121 Å². The van der Waals surface area contributed by atoms with Gasteiger partial charge in [-0.25, -0.2) is 0 Å². The van der Waals surface area contributed by atoms with Gasteiger partial charge >= 0.3 is 0 Å². The molecule has 13 aromatic rings. The highest BCUT2D eigenvalue weighted by atomic mass is 16.3. The maximum Gasteiger partial charge on any atom is 0.145 e. The first-order chi connectivity index (χ1) is 28.8. The summed E-state index contributed by atoms with van der Waals surface area (Å²) < 4.78 is 14.1. The quantitative estimate of drug-likeness (QED) is 0.177. The van der Waals surface area contributed by atoms with Gasteiger partial charge in [0.2, 0.25) is 0 Å². The highest BCUT2D eigenvalue weighted by molar-refractivity contribution is 6.27. The molecule has 0 saturated heterocycles. The number of rotatable bonds is 4. The topological polar surface area (TPSA) is 27.9 Å². The minimum absolute atomic E-state index is 0.891. The number of furan rings is 1. The van der Waals surface area contributed by atoms with Crippen LogP contribution in [-0.2, 0) is 0 Å². The Balaban J connectivity index is 1.17. The molecule has 0 aliphatic heterocycles. The Labute approximate surface area is 332 Å². The summed E-state index contributed by atoms with van der Waals surface area (Å²) in [7, 11) is 0. The Kier molecular flexibility index (Phi) is 6.41. The van der Waals surface area contributed by atoms with E-state index < -0.39 is 0 Å². The third kappa shape index (κ3) is 4.29. The molecule has 58 heavy (non-hydrogen) atoms. The van der Waals surface area contributed by atoms with Gasteiger partial charge in [0.25, 0.3) is 0 Å². The molecule has 0 saturated carbocycles. The van der Waals surface area contributed by atoms with Gasteiger partial charge in [0.05, 0.1) is 38.5 Å². The molecule has 9 aromatic carbocycles. The van der Waals surface area contributed by atoms with E-state index in [2.05, 4.69) is 214 Å². The molecule has 4 nitrogen and oxygen atoms in total. The van der Waals surface area contributed by atoms with Gasteiger partial charge in [0, 0.05) is 60.3 Å². The summed E-state index contributed by atoms with van der Waals surface area (Å²) >= 11 is 0. The summed E-state index contributed by atoms with van der Waals surface area (Å²) in [5, 5.41) is 9.43. The second-order valence-electron chi connectivity index (χ2n) is 15.3. The van der Waals surface area contributed by atoms with Crippen molar-refractivity contribution in [3.8, 4) is 28.2 Å². The van der Waals surface area contributed by atoms with E-state index >= 15 is 0 Å². The summed E-state index contributed by atoms with van der Waals surface area (Å²) in [5.41, 5.74) is 14.5. The predicted molar refractivity (Wildman–Crippen MR) is 242 cm³/mol. The molecule has 270 valence electrons. The van der Waals surface area contributed by atoms with Crippen molar-refractivity contribution in [3.63, 3.8) is 0 Å². The fraction of sp³-hybridized carbons (Fsp3) is 0. The second-order valence-corrected chi connectivity index (χ2v) is 15.3. The lowest BCUT2D eigenvalue weighted by atomic mass is 9.97. The first-order valence-corrected chi connectivity index (χ1v) is 19.9. The number of hydrogen-bond donors (Lipinski definition) is 0. The second kappa shape index (κ2) is 11.8. The molecule has 0 amide bonds. The van der Waals surface area contributed by atoms with Crippen molar-refractivity contribution in [2.45, 2.75) is 0 Å². The van der Waals surface area contributed by atoms with Gasteiger partial charge < -0.3 is 18.1 Å². The van der Waals surface area contributed by atoms with Crippen LogP contribution < -0.4 is 0 Å². The Morgan fingerprint density at radius 2 is 0.845 bits per heavy atom. The zero-order valence-corrected chi connectivity index (χ0v) is 31.3. The molecule has 13 rings (SSSR count). The molecule has 0 unspecified atom stereocenters. The van der Waals surface area contributed by atoms with Gasteiger partial charge in [-0.05, 0) is 84.4 Å². The summed E-state index contributed by atoms with van der Waals surface area (Å²) in [6.07, 6.45) is 0. The van der Waals surface area contributed by atoms with E-state index in [0.717, 1.165) is 71.9 Å². The molecule has 0 aliphatic carbocycles. The fourth-order valence-corrected chi connectivity index (χ4v) is 9.77. The van der Waals surface area contributed by atoms with Crippen molar-refractivity contribution in [3.05, 3.63) is 200 Å². The number of nitrogens with zero attached hydrogens (tertiary/aromatic N) is 3. The molecule has 0 atom stereocenters. The molecular formula is C54H33N3O. The van der Waals surface area contributed by atoms with Gasteiger partial charge in [-0.3, -0.25) is 0 Å². The maximum atomic E-state index is 6.86. The molecule has 0 radical (unpaired) electrons. The van der Waals surface area contributed by atoms with Crippen LogP contribution in [0.1, 0.15) is 0 Å². The van der Waals surface area contributed by atoms with Gasteiger partial charge in [0.1, 0.15) is 11.2 Å². The first-order valence-electron chi connectivity index (χ1n) is 19.9. The van der Waals surface area contributed by atoms with Crippen LogP contribution in [0.4, 0.5) is 0 Å². The van der Waals surface area contributed by atoms with E-state index in [0.29, 0.717) is 0 Å². The Bertz CT molecular complexity index is 3790. The molecule has 4 heteroatoms. The SMILES string of the molecule is c1ccc(-n2c3ccccc3c3cc(-n4c5ccccc5c5c6oc7ccccc7c6cc(-c6ccc7c8ccccc8n(-c8ccccc8)c7c6)c54)ccc32)cc1. The molecular weight excluding hydrogens is 707 g/mol. The van der Waals surface area contributed by atoms with Crippen molar-refractivity contribution in [1.29, 1.82) is 0 Å². The first kappa shape index (κ1) is 31.4. The van der Waals surface area contributed by atoms with Crippen LogP contribution in [0.15, 0.2) is 205 Å². The van der Waals surface area contributed by atoms with Crippen molar-refractivity contribution in [2.24, 2.45) is 0 Å². The van der Waals surface area contributed by atoms with E-state index in [-0.39, 0.29) is 0 Å². The predicted octanol–water partition coefficient (Wildman–Crippen LogP) is 14.5. The number of benzene rings is 9. The van der Waals surface area contributed by atoms with Crippen molar-refractivity contribution >= 4 is 87.4 Å². The lowest BCUT2D eigenvalue weighted by Crippen LogP contribution is -1.97. The van der Waals surface area contributed by atoms with Crippen molar-refractivity contribution in [1.82, 2.24) is 13.7 Å². The molecule has 0 aliphatic rings. The largest absolute Gasteiger partial charge is 0.455 e. The van der Waals surface area contributed by atoms with Crippen molar-refractivity contribution in [2.75, 3.05) is 0 Å². The molecule has 0 bridgehead atoms. The molecule has 4 aromatic heterocycles. The minimum Gasteiger partial charge on any atom is -0.455 e. The Morgan fingerprint density at radius 1 is 0.310 bits per heavy atom. The van der Waals surface area contributed by atoms with E-state index in [1.165, 1.54) is 43.6 Å². The summed E-state index contributed by atoms with van der Waals surface area (Å²) in [6.45, 7) is 0. The number of aromatic nitrogens is 3. The third-order valence-corrected chi connectivity index (χ3v) is 12.2. The van der Waals surface area contributed by atoms with Crippen LogP contribution >= 0.6 is 0 Å². The number of para-hydroxylation sites is 6. The van der Waals surface area contributed by atoms with Crippen LogP contribution in [0.2, 0.25) is 0 Å². The molecule has 4 heterocycles. The smallest absolute Gasteiger partial charge is 0.145 e. The lowest BCUT2D eigenvalue weighted by Gasteiger charge is -2.14. The van der Waals surface area contributed by atoms with Crippen LogP contribution in [0.5, 0.6) is 0 Å². The fourth-order valence-electron chi connectivity index (χ4n) is 9.77. The maximum absolute atomic E-state index is 6.86. The average Bonchev–Trinajstić information content (AvgIpc) is 4.03. The monoisotopic (exact) mass is 739 g/mol. The van der Waals surface area contributed by atoms with Crippen LogP contribution in [0, 0.1) is 0 Å². The highest BCUT2D eigenvalue weighted by Gasteiger charge is 2.24. The normalized spacial score (nSPS) is 12.1. The molecule has 0 spiro atoms. The number of fused-ring (bicyclic) bond motifs is 13. The third-order valence-electron chi connectivity index (χ3n) is 12.2. The standard InChI is InChI=1S/C54H33N3O/c1-3-15-35(16-4-1)55-47-24-12-8-20-39(47)44-32-37(28-30-49(44)55)57-48-25-13-9-22-42(48)52-53(57)43(33-45-41-21-10-14-26-51(41)58-54(45)52)34-27-29-40-38-19-7-11-23-46(38)56(50(40)31-34)36-17-5-2-6-18-36/h1-33H. The van der Waals surface area contributed by atoms with Gasteiger partial charge in [-0.15, -0.1) is 0 Å². The summed E-state index contributed by atoms with van der Waals surface area (Å²) in [6, 6.07) is 72.5. The average molecular weight is 740 g/mol. The Hall–Kier alpha value is -7.82. The van der Waals surface area contributed by atoms with E-state index in [4.69, 9.17) is 4.42 Å². The van der Waals surface area contributed by atoms with E-state index in [1.807, 2.05) is 0 Å². The molecule has 0 N–H and O–H groups in total. The number of hydrogen-bond acceptors (Lipinski definition) is 1. The van der Waals surface area contributed by atoms with E-state index in [1.54, 1.807) is 0 Å². The van der Waals surface area contributed by atoms with Crippen LogP contribution in [-0.4, -0.2) is 13.7 Å². The Morgan fingerprint density at radius 3 is 1.55 bits per heavy atom. The lowest BCUT2D eigenvalue weighted by molar-refractivity contribution is 0.673. The van der Waals surface area contributed by atoms with Crippen molar-refractivity contribution < 1.29 is 4.42 Å². The van der Waals surface area contributed by atoms with Crippen LogP contribution in [0.3, 0.4) is 0 Å². The van der Waals surface area contributed by atoms with Gasteiger partial charge in [-0.2, -0.15) is 0 Å².